The van der Waals surface area contributed by atoms with E-state index in [-0.39, 0.29) is 5.92 Å². The molecule has 0 aromatic carbocycles. The summed E-state index contributed by atoms with van der Waals surface area (Å²) in [6, 6.07) is 4.29. The van der Waals surface area contributed by atoms with Crippen molar-refractivity contribution in [3.05, 3.63) is 22.4 Å². The van der Waals surface area contributed by atoms with E-state index < -0.39 is 0 Å². The predicted molar refractivity (Wildman–Crippen MR) is 70.6 cm³/mol. The highest BCUT2D eigenvalue weighted by molar-refractivity contribution is 7.09. The zero-order valence-electron chi connectivity index (χ0n) is 9.88. The van der Waals surface area contributed by atoms with Crippen LogP contribution in [0.3, 0.4) is 0 Å². The van der Waals surface area contributed by atoms with Crippen LogP contribution >= 0.6 is 11.3 Å². The van der Waals surface area contributed by atoms with Gasteiger partial charge in [0.15, 0.2) is 0 Å². The molecule has 5 heteroatoms. The number of nitrogens with two attached hydrogens (primary N) is 1. The maximum atomic E-state index is 8.63. The zero-order chi connectivity index (χ0) is 12.1. The fourth-order valence-electron chi connectivity index (χ4n) is 2.26. The molecule has 1 fully saturated rings. The summed E-state index contributed by atoms with van der Waals surface area (Å²) in [5, 5.41) is 13.9. The van der Waals surface area contributed by atoms with Crippen LogP contribution in [-0.4, -0.2) is 35.6 Å². The van der Waals surface area contributed by atoms with Crippen molar-refractivity contribution < 1.29 is 5.21 Å². The monoisotopic (exact) mass is 253 g/mol. The number of nitrogens with zero attached hydrogens (tertiary/aromatic N) is 2. The Morgan fingerprint density at radius 2 is 2.29 bits per heavy atom. The minimum absolute atomic E-state index is 0.262. The van der Waals surface area contributed by atoms with Gasteiger partial charge in [-0.25, -0.2) is 0 Å². The first kappa shape index (κ1) is 12.4. The number of amidine groups is 1. The molecule has 1 aromatic heterocycles. The third kappa shape index (κ3) is 3.44. The molecule has 94 valence electrons. The first-order valence-corrected chi connectivity index (χ1v) is 6.89. The fraction of sp³-hybridized carbons (Fsp3) is 0.583. The molecule has 1 saturated heterocycles. The van der Waals surface area contributed by atoms with Gasteiger partial charge in [-0.1, -0.05) is 11.2 Å². The van der Waals surface area contributed by atoms with E-state index in [0.29, 0.717) is 5.84 Å². The Bertz CT molecular complexity index is 356. The van der Waals surface area contributed by atoms with Gasteiger partial charge in [0.1, 0.15) is 5.84 Å². The molecular formula is C12H19N3OS. The lowest BCUT2D eigenvalue weighted by atomic mass is 9.96. The normalized spacial score (nSPS) is 19.6. The Hall–Kier alpha value is -1.07. The van der Waals surface area contributed by atoms with E-state index in [1.165, 1.54) is 4.88 Å². The van der Waals surface area contributed by atoms with E-state index >= 15 is 0 Å². The van der Waals surface area contributed by atoms with E-state index in [1.807, 2.05) is 11.3 Å². The van der Waals surface area contributed by atoms with Crippen LogP contribution in [0.4, 0.5) is 0 Å². The van der Waals surface area contributed by atoms with E-state index in [0.717, 1.165) is 38.9 Å². The van der Waals surface area contributed by atoms with Crippen molar-refractivity contribution in [2.45, 2.75) is 19.3 Å². The molecule has 3 N–H and O–H groups in total. The Morgan fingerprint density at radius 3 is 2.88 bits per heavy atom. The quantitative estimate of drug-likeness (QED) is 0.372. The average Bonchev–Trinajstić information content (AvgIpc) is 2.89. The Balaban J connectivity index is 1.72. The van der Waals surface area contributed by atoms with Crippen molar-refractivity contribution in [1.82, 2.24) is 4.90 Å². The highest BCUT2D eigenvalue weighted by Gasteiger charge is 2.21. The van der Waals surface area contributed by atoms with Crippen LogP contribution in [0.15, 0.2) is 22.7 Å². The minimum Gasteiger partial charge on any atom is -0.409 e. The van der Waals surface area contributed by atoms with Crippen molar-refractivity contribution >= 4 is 17.2 Å². The molecule has 4 nitrogen and oxygen atoms in total. The van der Waals surface area contributed by atoms with Crippen LogP contribution in [0.5, 0.6) is 0 Å². The number of rotatable bonds is 4. The topological polar surface area (TPSA) is 61.9 Å². The van der Waals surface area contributed by atoms with Crippen LogP contribution in [0.1, 0.15) is 17.7 Å². The van der Waals surface area contributed by atoms with Crippen molar-refractivity contribution in [1.29, 1.82) is 0 Å². The largest absolute Gasteiger partial charge is 0.409 e. The van der Waals surface area contributed by atoms with Crippen LogP contribution in [-0.2, 0) is 6.42 Å². The molecule has 2 heterocycles. The highest BCUT2D eigenvalue weighted by atomic mass is 32.1. The van der Waals surface area contributed by atoms with Crippen molar-refractivity contribution in [2.75, 3.05) is 19.6 Å². The summed E-state index contributed by atoms with van der Waals surface area (Å²) < 4.78 is 0. The average molecular weight is 253 g/mol. The summed E-state index contributed by atoms with van der Waals surface area (Å²) in [4.78, 5) is 3.91. The van der Waals surface area contributed by atoms with Gasteiger partial charge in [0.05, 0.1) is 0 Å². The van der Waals surface area contributed by atoms with E-state index in [2.05, 4.69) is 27.6 Å². The molecule has 1 aromatic rings. The molecule has 0 radical (unpaired) electrons. The molecule has 0 saturated carbocycles. The number of thiophene rings is 1. The van der Waals surface area contributed by atoms with Gasteiger partial charge in [-0.3, -0.25) is 0 Å². The summed E-state index contributed by atoms with van der Waals surface area (Å²) in [7, 11) is 0. The summed E-state index contributed by atoms with van der Waals surface area (Å²) in [6.07, 6.45) is 3.13. The van der Waals surface area contributed by atoms with Gasteiger partial charge in [0.25, 0.3) is 0 Å². The van der Waals surface area contributed by atoms with Crippen LogP contribution in [0.2, 0.25) is 0 Å². The number of hydrogen-bond donors (Lipinski definition) is 2. The summed E-state index contributed by atoms with van der Waals surface area (Å²) in [6.45, 7) is 3.21. The van der Waals surface area contributed by atoms with E-state index in [9.17, 15) is 0 Å². The highest BCUT2D eigenvalue weighted by Crippen LogP contribution is 2.18. The smallest absolute Gasteiger partial charge is 0.142 e. The molecule has 1 aliphatic rings. The van der Waals surface area contributed by atoms with Gasteiger partial charge in [-0.2, -0.15) is 0 Å². The molecule has 0 bridgehead atoms. The standard InChI is InChI=1S/C12H19N3OS/c13-12(14-16)10-3-6-15(7-4-10)8-5-11-2-1-9-17-11/h1-2,9-10,16H,3-8H2,(H2,13,14). The van der Waals surface area contributed by atoms with Crippen LogP contribution < -0.4 is 5.73 Å². The second-order valence-corrected chi connectivity index (χ2v) is 5.50. The molecule has 2 rings (SSSR count). The maximum Gasteiger partial charge on any atom is 0.142 e. The first-order chi connectivity index (χ1) is 8.29. The van der Waals surface area contributed by atoms with E-state index in [1.54, 1.807) is 0 Å². The van der Waals surface area contributed by atoms with Gasteiger partial charge in [-0.15, -0.1) is 11.3 Å². The molecule has 1 aliphatic heterocycles. The van der Waals surface area contributed by atoms with Gasteiger partial charge >= 0.3 is 0 Å². The molecule has 0 amide bonds. The number of hydrogen-bond acceptors (Lipinski definition) is 4. The lowest BCUT2D eigenvalue weighted by Gasteiger charge is -2.31. The van der Waals surface area contributed by atoms with Gasteiger partial charge in [0, 0.05) is 17.3 Å². The lowest BCUT2D eigenvalue weighted by molar-refractivity contribution is 0.208. The third-order valence-corrected chi connectivity index (χ3v) is 4.31. The lowest BCUT2D eigenvalue weighted by Crippen LogP contribution is -2.39. The molecular weight excluding hydrogens is 234 g/mol. The van der Waals surface area contributed by atoms with Crippen LogP contribution in [0.25, 0.3) is 0 Å². The Morgan fingerprint density at radius 1 is 1.53 bits per heavy atom. The van der Waals surface area contributed by atoms with Gasteiger partial charge in [0.2, 0.25) is 0 Å². The second kappa shape index (κ2) is 6.02. The summed E-state index contributed by atoms with van der Waals surface area (Å²) in [5.74, 6) is 0.654. The molecule has 0 aliphatic carbocycles. The zero-order valence-corrected chi connectivity index (χ0v) is 10.7. The van der Waals surface area contributed by atoms with Crippen molar-refractivity contribution in [2.24, 2.45) is 16.8 Å². The molecule has 0 unspecified atom stereocenters. The predicted octanol–water partition coefficient (Wildman–Crippen LogP) is 1.75. The SMILES string of the molecule is NC(=NO)C1CCN(CCc2cccs2)CC1. The molecule has 0 atom stereocenters. The Labute approximate surface area is 106 Å². The number of likely N-dealkylation sites (tertiary alicyclic amines) is 1. The number of oxime groups is 1. The van der Waals surface area contributed by atoms with Gasteiger partial charge in [-0.05, 0) is 43.8 Å². The second-order valence-electron chi connectivity index (χ2n) is 4.47. The third-order valence-electron chi connectivity index (χ3n) is 3.38. The number of piperidine rings is 1. The first-order valence-electron chi connectivity index (χ1n) is 6.01. The van der Waals surface area contributed by atoms with Crippen molar-refractivity contribution in [3.63, 3.8) is 0 Å². The van der Waals surface area contributed by atoms with Crippen LogP contribution in [0, 0.1) is 5.92 Å². The Kier molecular flexibility index (Phi) is 4.39. The van der Waals surface area contributed by atoms with E-state index in [4.69, 9.17) is 10.9 Å². The molecule has 0 spiro atoms. The van der Waals surface area contributed by atoms with Gasteiger partial charge < -0.3 is 15.8 Å². The van der Waals surface area contributed by atoms with Crippen molar-refractivity contribution in [3.8, 4) is 0 Å². The summed E-state index contributed by atoms with van der Waals surface area (Å²) in [5.41, 5.74) is 5.63. The minimum atomic E-state index is 0.262. The molecule has 17 heavy (non-hydrogen) atoms. The maximum absolute atomic E-state index is 8.63. The summed E-state index contributed by atoms with van der Waals surface area (Å²) >= 11 is 1.82. The fourth-order valence-corrected chi connectivity index (χ4v) is 2.96.